The van der Waals surface area contributed by atoms with Crippen LogP contribution >= 0.6 is 0 Å². The Kier molecular flexibility index (Phi) is 3.84. The monoisotopic (exact) mass is 328 g/mol. The van der Waals surface area contributed by atoms with Gasteiger partial charge in [-0.05, 0) is 12.1 Å². The lowest BCUT2D eigenvalue weighted by atomic mass is 9.83. The molecule has 0 spiro atoms. The van der Waals surface area contributed by atoms with E-state index in [1.807, 2.05) is 30.3 Å². The van der Waals surface area contributed by atoms with Crippen molar-refractivity contribution in [1.82, 2.24) is 10.1 Å². The summed E-state index contributed by atoms with van der Waals surface area (Å²) >= 11 is 0. The Balaban J connectivity index is 1.50. The molecule has 0 N–H and O–H groups in total. The summed E-state index contributed by atoms with van der Waals surface area (Å²) in [6, 6.07) is 9.81. The second kappa shape index (κ2) is 6.02. The molecule has 24 heavy (non-hydrogen) atoms. The number of nitrogens with zero attached hydrogens (tertiary/aromatic N) is 3. The van der Waals surface area contributed by atoms with E-state index in [0.29, 0.717) is 11.8 Å². The predicted molar refractivity (Wildman–Crippen MR) is 86.6 cm³/mol. The van der Waals surface area contributed by atoms with Crippen molar-refractivity contribution in [2.45, 2.75) is 32.4 Å². The van der Waals surface area contributed by atoms with Gasteiger partial charge < -0.3 is 13.7 Å². The minimum Gasteiger partial charge on any atom is -0.456 e. The summed E-state index contributed by atoms with van der Waals surface area (Å²) in [5.41, 5.74) is 0.936. The third-order valence-electron chi connectivity index (χ3n) is 5.32. The zero-order chi connectivity index (χ0) is 16.6. The summed E-state index contributed by atoms with van der Waals surface area (Å²) < 4.78 is 11.9. The third-order valence-corrected chi connectivity index (χ3v) is 5.32. The van der Waals surface area contributed by atoms with Gasteiger partial charge in [-0.1, -0.05) is 23.4 Å². The Hall–Kier alpha value is -2.21. The predicted octanol–water partition coefficient (Wildman–Crippen LogP) is 2.41. The fourth-order valence-corrected chi connectivity index (χ4v) is 4.11. The molecule has 2 bridgehead atoms. The number of rotatable bonds is 4. The molecule has 3 fully saturated rings. The van der Waals surface area contributed by atoms with Crippen LogP contribution in [0.25, 0.3) is 11.5 Å². The van der Waals surface area contributed by atoms with Gasteiger partial charge >= 0.3 is 5.97 Å². The molecule has 126 valence electrons. The van der Waals surface area contributed by atoms with Gasteiger partial charge in [0.2, 0.25) is 5.82 Å². The number of carbonyl (C=O) groups is 1. The summed E-state index contributed by atoms with van der Waals surface area (Å²) in [4.78, 5) is 15.9. The van der Waals surface area contributed by atoms with Gasteiger partial charge in [0.25, 0.3) is 5.89 Å². The van der Waals surface area contributed by atoms with Crippen LogP contribution in [0.1, 0.15) is 25.6 Å². The van der Waals surface area contributed by atoms with Crippen molar-refractivity contribution >= 4 is 5.97 Å². The summed E-state index contributed by atoms with van der Waals surface area (Å²) in [5, 5.41) is 4.17. The van der Waals surface area contributed by atoms with Crippen molar-refractivity contribution in [3.8, 4) is 11.5 Å². The summed E-state index contributed by atoms with van der Waals surface area (Å²) in [6.07, 6.45) is 2.23. The molecule has 0 saturated carbocycles. The smallest absolute Gasteiger partial charge is 0.303 e. The van der Waals surface area contributed by atoms with Gasteiger partial charge in [-0.3, -0.25) is 4.79 Å². The number of esters is 1. The van der Waals surface area contributed by atoms with Gasteiger partial charge in [0.15, 0.2) is 6.10 Å². The molecule has 1 aromatic carbocycles. The zero-order valence-corrected chi connectivity index (χ0v) is 13.9. The fourth-order valence-electron chi connectivity index (χ4n) is 4.11. The van der Waals surface area contributed by atoms with Gasteiger partial charge in [-0.2, -0.15) is 4.98 Å². The molecule has 1 atom stereocenters. The van der Waals surface area contributed by atoms with E-state index in [4.69, 9.17) is 9.26 Å². The average molecular weight is 328 g/mol. The molecule has 3 aliphatic heterocycles. The number of piperidine rings is 3. The average Bonchev–Trinajstić information content (AvgIpc) is 3.04. The highest BCUT2D eigenvalue weighted by Gasteiger charge is 2.48. The van der Waals surface area contributed by atoms with E-state index in [2.05, 4.69) is 10.1 Å². The lowest BCUT2D eigenvalue weighted by molar-refractivity contribution is -0.958. The number of benzene rings is 1. The minimum atomic E-state index is -0.183. The van der Waals surface area contributed by atoms with Gasteiger partial charge in [0.05, 0.1) is 13.1 Å². The molecule has 6 heteroatoms. The normalized spacial score (nSPS) is 28.7. The van der Waals surface area contributed by atoms with Crippen molar-refractivity contribution in [1.29, 1.82) is 0 Å². The first-order chi connectivity index (χ1) is 11.6. The molecule has 3 aliphatic rings. The van der Waals surface area contributed by atoms with E-state index in [1.54, 1.807) is 0 Å². The van der Waals surface area contributed by atoms with Crippen molar-refractivity contribution in [3.05, 3.63) is 36.2 Å². The Bertz CT molecular complexity index is 720. The van der Waals surface area contributed by atoms with Crippen LogP contribution in [0.5, 0.6) is 0 Å². The SMILES string of the molecule is CC(=O)O[C@H]1C[N+]2(Cc3noc(-c4ccccc4)n3)CCC1CC2. The van der Waals surface area contributed by atoms with E-state index < -0.39 is 0 Å². The summed E-state index contributed by atoms with van der Waals surface area (Å²) in [6.45, 7) is 5.28. The Morgan fingerprint density at radius 3 is 2.75 bits per heavy atom. The molecule has 1 aromatic heterocycles. The minimum absolute atomic E-state index is 0.0329. The topological polar surface area (TPSA) is 65.2 Å². The Morgan fingerprint density at radius 2 is 2.04 bits per heavy atom. The largest absolute Gasteiger partial charge is 0.456 e. The van der Waals surface area contributed by atoms with Crippen molar-refractivity contribution in [3.63, 3.8) is 0 Å². The van der Waals surface area contributed by atoms with Crippen LogP contribution in [-0.4, -0.2) is 46.3 Å². The first kappa shape index (κ1) is 15.3. The maximum atomic E-state index is 11.3. The maximum Gasteiger partial charge on any atom is 0.303 e. The number of ether oxygens (including phenoxy) is 1. The van der Waals surface area contributed by atoms with Crippen LogP contribution in [0, 0.1) is 5.92 Å². The standard InChI is InChI=1S/C18H22N3O3/c1-13(22)23-16-11-21(9-7-14(16)8-10-21)12-17-19-18(24-20-17)15-5-3-2-4-6-15/h2-6,14,16H,7-12H2,1H3/q+1/t14?,16-,21?/m0/s1. The van der Waals surface area contributed by atoms with E-state index >= 15 is 0 Å². The number of fused-ring (bicyclic) bond motifs is 3. The highest BCUT2D eigenvalue weighted by atomic mass is 16.5. The number of aromatic nitrogens is 2. The van der Waals surface area contributed by atoms with Crippen molar-refractivity contribution in [2.24, 2.45) is 5.92 Å². The molecule has 6 nitrogen and oxygen atoms in total. The van der Waals surface area contributed by atoms with Crippen molar-refractivity contribution < 1.29 is 18.5 Å². The lowest BCUT2D eigenvalue weighted by Gasteiger charge is -2.51. The Morgan fingerprint density at radius 1 is 1.29 bits per heavy atom. The van der Waals surface area contributed by atoms with Gasteiger partial charge in [-0.25, -0.2) is 0 Å². The lowest BCUT2D eigenvalue weighted by Crippen LogP contribution is -2.63. The second-order valence-electron chi connectivity index (χ2n) is 7.00. The van der Waals surface area contributed by atoms with Crippen LogP contribution < -0.4 is 0 Å². The molecule has 0 unspecified atom stereocenters. The van der Waals surface area contributed by atoms with E-state index in [1.165, 1.54) is 6.92 Å². The van der Waals surface area contributed by atoms with Crippen LogP contribution in [0.4, 0.5) is 0 Å². The third kappa shape index (κ3) is 2.94. The highest BCUT2D eigenvalue weighted by molar-refractivity contribution is 5.66. The zero-order valence-electron chi connectivity index (χ0n) is 13.9. The van der Waals surface area contributed by atoms with Crippen LogP contribution in [-0.2, 0) is 16.1 Å². The number of quaternary nitrogens is 1. The Labute approximate surface area is 141 Å². The van der Waals surface area contributed by atoms with Crippen molar-refractivity contribution in [2.75, 3.05) is 19.6 Å². The molecule has 5 rings (SSSR count). The number of hydrogen-bond donors (Lipinski definition) is 0. The summed E-state index contributed by atoms with van der Waals surface area (Å²) in [7, 11) is 0. The molecule has 0 amide bonds. The van der Waals surface area contributed by atoms with Gasteiger partial charge in [0.1, 0.15) is 13.1 Å². The molecule has 2 aromatic rings. The molecular weight excluding hydrogens is 306 g/mol. The van der Waals surface area contributed by atoms with Gasteiger partial charge in [-0.15, -0.1) is 0 Å². The number of hydrogen-bond acceptors (Lipinski definition) is 5. The fraction of sp³-hybridized carbons (Fsp3) is 0.500. The molecule has 0 aliphatic carbocycles. The van der Waals surface area contributed by atoms with Crippen LogP contribution in [0.15, 0.2) is 34.9 Å². The summed E-state index contributed by atoms with van der Waals surface area (Å²) in [5.74, 6) is 1.62. The van der Waals surface area contributed by atoms with E-state index in [-0.39, 0.29) is 12.1 Å². The molecule has 0 radical (unpaired) electrons. The maximum absolute atomic E-state index is 11.3. The highest BCUT2D eigenvalue weighted by Crippen LogP contribution is 2.36. The number of carbonyl (C=O) groups excluding carboxylic acids is 1. The quantitative estimate of drug-likeness (QED) is 0.637. The second-order valence-corrected chi connectivity index (χ2v) is 7.00. The van der Waals surface area contributed by atoms with E-state index in [0.717, 1.165) is 54.9 Å². The molecular formula is C18H22N3O3+. The van der Waals surface area contributed by atoms with Crippen LogP contribution in [0.2, 0.25) is 0 Å². The van der Waals surface area contributed by atoms with Crippen LogP contribution in [0.3, 0.4) is 0 Å². The first-order valence-electron chi connectivity index (χ1n) is 8.54. The molecule has 3 saturated heterocycles. The molecule has 4 heterocycles. The first-order valence-corrected chi connectivity index (χ1v) is 8.54. The van der Waals surface area contributed by atoms with E-state index in [9.17, 15) is 4.79 Å². The van der Waals surface area contributed by atoms with Gasteiger partial charge in [0, 0.05) is 31.2 Å².